The van der Waals surface area contributed by atoms with Crippen LogP contribution in [0.4, 0.5) is 0 Å². The minimum atomic E-state index is -1.23. The van der Waals surface area contributed by atoms with Crippen LogP contribution in [0, 0.1) is 5.41 Å². The Labute approximate surface area is 259 Å². The fourth-order valence-electron chi connectivity index (χ4n) is 4.26. The summed E-state index contributed by atoms with van der Waals surface area (Å²) in [6.45, 7) is 4.87. The second-order valence-electron chi connectivity index (χ2n) is 9.21. The summed E-state index contributed by atoms with van der Waals surface area (Å²) in [7, 11) is 0. The second kappa shape index (κ2) is 18.1. The summed E-state index contributed by atoms with van der Waals surface area (Å²) in [6.07, 6.45) is 1.78. The predicted molar refractivity (Wildman–Crippen MR) is 167 cm³/mol. The molecule has 6 nitrogen and oxygen atoms in total. The van der Waals surface area contributed by atoms with Gasteiger partial charge in [-0.05, 0) is 61.1 Å². The van der Waals surface area contributed by atoms with Crippen molar-refractivity contribution < 1.29 is 19.1 Å². The normalized spacial score (nSPS) is 12.9. The fourth-order valence-corrected chi connectivity index (χ4v) is 4.95. The van der Waals surface area contributed by atoms with Gasteiger partial charge < -0.3 is 20.1 Å². The molecule has 0 heterocycles. The first-order valence-electron chi connectivity index (χ1n) is 13.1. The van der Waals surface area contributed by atoms with Gasteiger partial charge >= 0.3 is 0 Å². The highest BCUT2D eigenvalue weighted by Crippen LogP contribution is 2.28. The summed E-state index contributed by atoms with van der Waals surface area (Å²) >= 11 is 19.2. The van der Waals surface area contributed by atoms with Crippen molar-refractivity contribution in [2.24, 2.45) is 5.41 Å². The van der Waals surface area contributed by atoms with E-state index in [2.05, 4.69) is 42.5 Å². The van der Waals surface area contributed by atoms with Gasteiger partial charge in [-0.3, -0.25) is 9.59 Å². The topological polar surface area (TPSA) is 76.7 Å². The number of ether oxygens (including phenoxy) is 2. The summed E-state index contributed by atoms with van der Waals surface area (Å²) in [4.78, 5) is 27.1. The van der Waals surface area contributed by atoms with E-state index in [-0.39, 0.29) is 35.7 Å². The lowest BCUT2D eigenvalue weighted by Crippen LogP contribution is -2.56. The number of alkyl halides is 4. The van der Waals surface area contributed by atoms with Gasteiger partial charge in [0, 0.05) is 34.5 Å². The standard InChI is InChI=1S/C29H38Br2Cl2N2O4/c1-3-29(4-2,27(36)34-23(19-32)17-21-5-9-25(10-6-21)38-15-13-30)28(37)35-24(20-33)18-22-7-11-26(12-8-22)39-16-14-31/h5-12,23-24H,3-4,13-20H2,1-2H3,(H,34,36)(H,35,37)/t23-,24-/m0/s1. The maximum atomic E-state index is 13.5. The molecule has 0 fully saturated rings. The first kappa shape index (κ1) is 33.7. The van der Waals surface area contributed by atoms with Crippen molar-refractivity contribution in [3.8, 4) is 11.5 Å². The van der Waals surface area contributed by atoms with Crippen LogP contribution in [0.2, 0.25) is 0 Å². The molecule has 2 amide bonds. The zero-order valence-corrected chi connectivity index (χ0v) is 27.2. The quantitative estimate of drug-likeness (QED) is 0.141. The van der Waals surface area contributed by atoms with E-state index < -0.39 is 5.41 Å². The molecule has 0 saturated heterocycles. The van der Waals surface area contributed by atoms with E-state index in [0.29, 0.717) is 38.9 Å². The number of halogens is 4. The number of benzene rings is 2. The molecule has 2 rings (SSSR count). The lowest BCUT2D eigenvalue weighted by Gasteiger charge is -2.32. The van der Waals surface area contributed by atoms with Crippen LogP contribution in [0.15, 0.2) is 48.5 Å². The molecule has 2 aromatic carbocycles. The van der Waals surface area contributed by atoms with E-state index >= 15 is 0 Å². The lowest BCUT2D eigenvalue weighted by molar-refractivity contribution is -0.145. The minimum absolute atomic E-state index is 0.221. The summed E-state index contributed by atoms with van der Waals surface area (Å²) in [5.41, 5.74) is 0.803. The Morgan fingerprint density at radius 2 is 1.10 bits per heavy atom. The van der Waals surface area contributed by atoms with Crippen molar-refractivity contribution in [2.45, 2.75) is 51.6 Å². The van der Waals surface area contributed by atoms with E-state index in [1.165, 1.54) is 0 Å². The number of amides is 2. The van der Waals surface area contributed by atoms with Gasteiger partial charge in [0.1, 0.15) is 16.9 Å². The van der Waals surface area contributed by atoms with Gasteiger partial charge in [-0.2, -0.15) is 0 Å². The third-order valence-corrected chi connectivity index (χ3v) is 8.01. The average Bonchev–Trinajstić information content (AvgIpc) is 2.96. The van der Waals surface area contributed by atoms with Crippen LogP contribution in [0.5, 0.6) is 11.5 Å². The van der Waals surface area contributed by atoms with Crippen molar-refractivity contribution in [1.82, 2.24) is 10.6 Å². The van der Waals surface area contributed by atoms with Gasteiger partial charge in [-0.15, -0.1) is 23.2 Å². The van der Waals surface area contributed by atoms with E-state index in [1.807, 2.05) is 62.4 Å². The average molecular weight is 709 g/mol. The smallest absolute Gasteiger partial charge is 0.235 e. The molecular formula is C29H38Br2Cl2N2O4. The molecule has 0 aliphatic carbocycles. The van der Waals surface area contributed by atoms with Crippen LogP contribution < -0.4 is 20.1 Å². The van der Waals surface area contributed by atoms with Gasteiger partial charge in [0.15, 0.2) is 0 Å². The number of carbonyl (C=O) groups is 2. The Kier molecular flexibility index (Phi) is 15.6. The Hall–Kier alpha value is -1.48. The van der Waals surface area contributed by atoms with Gasteiger partial charge in [-0.1, -0.05) is 70.0 Å². The summed E-state index contributed by atoms with van der Waals surface area (Å²) in [6, 6.07) is 14.8. The predicted octanol–water partition coefficient (Wildman–Crippen LogP) is 6.27. The Bertz CT molecular complexity index is 928. The Morgan fingerprint density at radius 1 is 0.744 bits per heavy atom. The van der Waals surface area contributed by atoms with Gasteiger partial charge in [0.25, 0.3) is 0 Å². The SMILES string of the molecule is CCC(CC)(C(=O)N[C@H](CCl)Cc1ccc(OCCBr)cc1)C(=O)N[C@H](CCl)Cc1ccc(OCCBr)cc1. The number of hydrogen-bond donors (Lipinski definition) is 2. The molecule has 10 heteroatoms. The maximum Gasteiger partial charge on any atom is 0.235 e. The van der Waals surface area contributed by atoms with Gasteiger partial charge in [0.05, 0.1) is 13.2 Å². The van der Waals surface area contributed by atoms with Crippen molar-refractivity contribution in [3.63, 3.8) is 0 Å². The largest absolute Gasteiger partial charge is 0.493 e. The molecule has 0 bridgehead atoms. The van der Waals surface area contributed by atoms with Crippen LogP contribution in [0.3, 0.4) is 0 Å². The van der Waals surface area contributed by atoms with Crippen LogP contribution in [-0.2, 0) is 22.4 Å². The van der Waals surface area contributed by atoms with Gasteiger partial charge in [0.2, 0.25) is 11.8 Å². The molecular weight excluding hydrogens is 671 g/mol. The molecule has 0 saturated carbocycles. The highest BCUT2D eigenvalue weighted by molar-refractivity contribution is 9.09. The van der Waals surface area contributed by atoms with E-state index in [0.717, 1.165) is 33.3 Å². The molecule has 0 aliphatic rings. The lowest BCUT2D eigenvalue weighted by atomic mass is 9.79. The van der Waals surface area contributed by atoms with Crippen molar-refractivity contribution >= 4 is 66.9 Å². The molecule has 2 N–H and O–H groups in total. The fraction of sp³-hybridized carbons (Fsp3) is 0.517. The number of hydrogen-bond acceptors (Lipinski definition) is 4. The summed E-state index contributed by atoms with van der Waals surface area (Å²) in [5.74, 6) is 1.36. The summed E-state index contributed by atoms with van der Waals surface area (Å²) < 4.78 is 11.2. The van der Waals surface area contributed by atoms with Crippen molar-refractivity contribution in [1.29, 1.82) is 0 Å². The van der Waals surface area contributed by atoms with Gasteiger partial charge in [-0.25, -0.2) is 0 Å². The molecule has 0 aromatic heterocycles. The molecule has 39 heavy (non-hydrogen) atoms. The van der Waals surface area contributed by atoms with E-state index in [9.17, 15) is 9.59 Å². The van der Waals surface area contributed by atoms with E-state index in [1.54, 1.807) is 0 Å². The minimum Gasteiger partial charge on any atom is -0.493 e. The van der Waals surface area contributed by atoms with Crippen molar-refractivity contribution in [3.05, 3.63) is 59.7 Å². The number of nitrogens with one attached hydrogen (secondary N) is 2. The molecule has 0 spiro atoms. The monoisotopic (exact) mass is 706 g/mol. The van der Waals surface area contributed by atoms with E-state index in [4.69, 9.17) is 32.7 Å². The number of rotatable bonds is 18. The second-order valence-corrected chi connectivity index (χ2v) is 11.4. The third kappa shape index (κ3) is 10.5. The first-order chi connectivity index (χ1) is 18.8. The Balaban J connectivity index is 2.05. The van der Waals surface area contributed by atoms with Crippen LogP contribution in [0.25, 0.3) is 0 Å². The number of carbonyl (C=O) groups excluding carboxylic acids is 2. The van der Waals surface area contributed by atoms with Crippen LogP contribution in [0.1, 0.15) is 37.8 Å². The van der Waals surface area contributed by atoms with Crippen LogP contribution in [-0.4, -0.2) is 59.5 Å². The first-order valence-corrected chi connectivity index (χ1v) is 16.5. The maximum absolute atomic E-state index is 13.5. The Morgan fingerprint density at radius 3 is 1.38 bits per heavy atom. The highest BCUT2D eigenvalue weighted by atomic mass is 79.9. The molecule has 2 atom stereocenters. The zero-order valence-electron chi connectivity index (χ0n) is 22.5. The molecule has 2 aromatic rings. The molecule has 0 aliphatic heterocycles. The highest BCUT2D eigenvalue weighted by Gasteiger charge is 2.43. The zero-order chi connectivity index (χ0) is 28.7. The molecule has 0 radical (unpaired) electrons. The third-order valence-electron chi connectivity index (χ3n) is 6.62. The summed E-state index contributed by atoms with van der Waals surface area (Å²) in [5, 5.41) is 7.58. The van der Waals surface area contributed by atoms with Crippen molar-refractivity contribution in [2.75, 3.05) is 35.6 Å². The molecule has 0 unspecified atom stereocenters. The van der Waals surface area contributed by atoms with Crippen LogP contribution >= 0.6 is 55.1 Å². The molecule has 216 valence electrons.